The van der Waals surface area contributed by atoms with Crippen molar-refractivity contribution >= 4 is 32.4 Å². The fraction of sp³-hybridized carbons (Fsp3) is 0.560. The van der Waals surface area contributed by atoms with Gasteiger partial charge in [0, 0.05) is 15.3 Å². The van der Waals surface area contributed by atoms with Gasteiger partial charge in [-0.25, -0.2) is 0 Å². The van der Waals surface area contributed by atoms with E-state index in [0.29, 0.717) is 22.3 Å². The molecule has 0 spiro atoms. The van der Waals surface area contributed by atoms with Crippen molar-refractivity contribution in [3.63, 3.8) is 0 Å². The Bertz CT molecular complexity index is 954. The van der Waals surface area contributed by atoms with Crippen molar-refractivity contribution in [2.45, 2.75) is 57.9 Å². The molecule has 31 heavy (non-hydrogen) atoms. The highest BCUT2D eigenvalue weighted by Crippen LogP contribution is 2.66. The molecule has 0 radical (unpaired) electrons. The zero-order chi connectivity index (χ0) is 21.9. The molecular formula is C25H31NO3S2. The molecule has 1 aromatic rings. The highest BCUT2D eigenvalue weighted by molar-refractivity contribution is 8.82. The number of carbonyl (C=O) groups excluding carboxylic acids is 1. The number of methoxy groups -OCH3 is 1. The Kier molecular flexibility index (Phi) is 5.17. The van der Waals surface area contributed by atoms with Gasteiger partial charge in [0.2, 0.25) is 0 Å². The molecule has 0 aromatic heterocycles. The lowest BCUT2D eigenvalue weighted by Crippen LogP contribution is -2.65. The third-order valence-corrected chi connectivity index (χ3v) is 9.75. The molecule has 4 fully saturated rings. The summed E-state index contributed by atoms with van der Waals surface area (Å²) in [4.78, 5) is 15.1. The fourth-order valence-corrected chi connectivity index (χ4v) is 9.45. The van der Waals surface area contributed by atoms with Crippen molar-refractivity contribution in [3.8, 4) is 11.5 Å². The van der Waals surface area contributed by atoms with Crippen LogP contribution in [-0.2, 0) is 4.79 Å². The summed E-state index contributed by atoms with van der Waals surface area (Å²) in [5, 5.41) is 3.41. The topological polar surface area (TPSA) is 47.6 Å². The molecule has 6 rings (SSSR count). The molecule has 4 aliphatic carbocycles. The molecule has 1 aromatic carbocycles. The van der Waals surface area contributed by atoms with Crippen LogP contribution in [0.1, 0.15) is 57.9 Å². The molecule has 4 saturated carbocycles. The van der Waals surface area contributed by atoms with Crippen LogP contribution < -0.4 is 14.8 Å². The van der Waals surface area contributed by atoms with E-state index < -0.39 is 0 Å². The standard InChI is InChI=1S/C25H31NO3S2/c1-16-7-21(31-30-16)18-5-6-19(20(8-18)28-4)29-12-22(27)26-25-11-17-9-23(2,14-25)13-24(3,10-17)15-25/h5-8,17H,1,9-15H2,2-4H3,(H,26,27). The molecule has 1 aliphatic heterocycles. The normalized spacial score (nSPS) is 35.8. The minimum absolute atomic E-state index is 0.0135. The minimum atomic E-state index is -0.0520. The average Bonchev–Trinajstić information content (AvgIpc) is 3.09. The lowest BCUT2D eigenvalue weighted by atomic mass is 9.43. The second-order valence-corrected chi connectivity index (χ2v) is 13.1. The van der Waals surface area contributed by atoms with Crippen molar-refractivity contribution in [2.24, 2.45) is 16.7 Å². The Morgan fingerprint density at radius 1 is 1.13 bits per heavy atom. The lowest BCUT2D eigenvalue weighted by molar-refractivity contribution is -0.141. The lowest BCUT2D eigenvalue weighted by Gasteiger charge is -2.65. The van der Waals surface area contributed by atoms with Crippen LogP contribution in [-0.4, -0.2) is 25.2 Å². The van der Waals surface area contributed by atoms with Crippen LogP contribution in [0.2, 0.25) is 0 Å². The quantitative estimate of drug-likeness (QED) is 0.516. The Morgan fingerprint density at radius 2 is 1.87 bits per heavy atom. The van der Waals surface area contributed by atoms with E-state index in [1.165, 1.54) is 19.3 Å². The first-order valence-electron chi connectivity index (χ1n) is 11.1. The van der Waals surface area contributed by atoms with Crippen LogP contribution in [0.3, 0.4) is 0 Å². The van der Waals surface area contributed by atoms with Crippen molar-refractivity contribution in [3.05, 3.63) is 41.3 Å². The minimum Gasteiger partial charge on any atom is -0.493 e. The van der Waals surface area contributed by atoms with E-state index in [2.05, 4.69) is 31.8 Å². The molecule has 2 atom stereocenters. The molecule has 1 amide bonds. The maximum atomic E-state index is 12.9. The first-order valence-corrected chi connectivity index (χ1v) is 13.2. The molecule has 6 heteroatoms. The SMILES string of the molecule is C=C1C=C(c2ccc(OCC(=O)NC34CC5CC(C)(CC(C)(C5)C3)C4)c(OC)c2)SS1. The monoisotopic (exact) mass is 457 g/mol. The van der Waals surface area contributed by atoms with Crippen LogP contribution in [0.5, 0.6) is 11.5 Å². The van der Waals surface area contributed by atoms with Gasteiger partial charge in [0.1, 0.15) is 0 Å². The van der Waals surface area contributed by atoms with E-state index in [-0.39, 0.29) is 18.1 Å². The Morgan fingerprint density at radius 3 is 2.48 bits per heavy atom. The van der Waals surface area contributed by atoms with Gasteiger partial charge in [-0.2, -0.15) is 0 Å². The summed E-state index contributed by atoms with van der Waals surface area (Å²) >= 11 is 0. The van der Waals surface area contributed by atoms with Gasteiger partial charge in [0.05, 0.1) is 7.11 Å². The highest BCUT2D eigenvalue weighted by atomic mass is 33.1. The van der Waals surface area contributed by atoms with Crippen LogP contribution in [0.25, 0.3) is 4.91 Å². The summed E-state index contributed by atoms with van der Waals surface area (Å²) in [6.45, 7) is 8.85. The third kappa shape index (κ3) is 4.13. The molecule has 2 unspecified atom stereocenters. The maximum Gasteiger partial charge on any atom is 0.258 e. The van der Waals surface area contributed by atoms with E-state index in [0.717, 1.165) is 40.6 Å². The van der Waals surface area contributed by atoms with Gasteiger partial charge < -0.3 is 14.8 Å². The predicted octanol–water partition coefficient (Wildman–Crippen LogP) is 6.19. The average molecular weight is 458 g/mol. The number of nitrogens with one attached hydrogen (secondary N) is 1. The smallest absolute Gasteiger partial charge is 0.258 e. The van der Waals surface area contributed by atoms with Crippen molar-refractivity contribution in [2.75, 3.05) is 13.7 Å². The van der Waals surface area contributed by atoms with Gasteiger partial charge in [0.15, 0.2) is 18.1 Å². The van der Waals surface area contributed by atoms with Gasteiger partial charge in [-0.3, -0.25) is 4.79 Å². The van der Waals surface area contributed by atoms with Gasteiger partial charge in [0.25, 0.3) is 5.91 Å². The molecule has 1 N–H and O–H groups in total. The van der Waals surface area contributed by atoms with E-state index in [1.807, 2.05) is 18.2 Å². The van der Waals surface area contributed by atoms with E-state index in [1.54, 1.807) is 28.7 Å². The van der Waals surface area contributed by atoms with Gasteiger partial charge in [-0.1, -0.05) is 42.0 Å². The summed E-state index contributed by atoms with van der Waals surface area (Å²) < 4.78 is 11.4. The summed E-state index contributed by atoms with van der Waals surface area (Å²) in [5.41, 5.74) is 1.76. The Balaban J connectivity index is 1.25. The molecule has 0 saturated heterocycles. The number of hydrogen-bond acceptors (Lipinski definition) is 5. The van der Waals surface area contributed by atoms with Crippen LogP contribution in [0.15, 0.2) is 35.8 Å². The van der Waals surface area contributed by atoms with Crippen molar-refractivity contribution in [1.82, 2.24) is 5.32 Å². The number of rotatable bonds is 6. The van der Waals surface area contributed by atoms with E-state index >= 15 is 0 Å². The number of allylic oxidation sites excluding steroid dienone is 1. The largest absolute Gasteiger partial charge is 0.493 e. The third-order valence-electron chi connectivity index (χ3n) is 7.37. The van der Waals surface area contributed by atoms with Crippen molar-refractivity contribution in [1.29, 1.82) is 0 Å². The van der Waals surface area contributed by atoms with Crippen LogP contribution in [0, 0.1) is 16.7 Å². The first kappa shape index (κ1) is 21.3. The summed E-state index contributed by atoms with van der Waals surface area (Å²) in [6.07, 6.45) is 9.34. The van der Waals surface area contributed by atoms with Gasteiger partial charge in [-0.15, -0.1) is 0 Å². The zero-order valence-corrected chi connectivity index (χ0v) is 20.2. The van der Waals surface area contributed by atoms with Gasteiger partial charge >= 0.3 is 0 Å². The van der Waals surface area contributed by atoms with Crippen LogP contribution in [0.4, 0.5) is 0 Å². The first-order chi connectivity index (χ1) is 14.7. The molecule has 4 nitrogen and oxygen atoms in total. The van der Waals surface area contributed by atoms with E-state index in [4.69, 9.17) is 9.47 Å². The predicted molar refractivity (Wildman–Crippen MR) is 129 cm³/mol. The molecular weight excluding hydrogens is 426 g/mol. The number of carbonyl (C=O) groups is 1. The zero-order valence-electron chi connectivity index (χ0n) is 18.6. The second-order valence-electron chi connectivity index (χ2n) is 10.8. The fourth-order valence-electron chi connectivity index (χ4n) is 7.43. The molecule has 1 heterocycles. The van der Waals surface area contributed by atoms with Crippen LogP contribution >= 0.6 is 21.6 Å². The Labute approximate surface area is 193 Å². The molecule has 4 bridgehead atoms. The van der Waals surface area contributed by atoms with Gasteiger partial charge in [-0.05, 0) is 85.1 Å². The van der Waals surface area contributed by atoms with E-state index in [9.17, 15) is 4.79 Å². The maximum absolute atomic E-state index is 12.9. The molecule has 166 valence electrons. The number of benzene rings is 1. The summed E-state index contributed by atoms with van der Waals surface area (Å²) in [5.74, 6) is 1.96. The second kappa shape index (κ2) is 7.51. The number of ether oxygens (including phenoxy) is 2. The number of hydrogen-bond donors (Lipinski definition) is 1. The Hall–Kier alpha value is -1.53. The molecule has 5 aliphatic rings. The summed E-state index contributed by atoms with van der Waals surface area (Å²) in [6, 6.07) is 5.86. The number of amides is 1. The highest BCUT2D eigenvalue weighted by Gasteiger charge is 2.60. The van der Waals surface area contributed by atoms with Crippen molar-refractivity contribution < 1.29 is 14.3 Å². The summed E-state index contributed by atoms with van der Waals surface area (Å²) in [7, 11) is 4.99.